The molecule has 2 aromatic carbocycles. The van der Waals surface area contributed by atoms with Crippen molar-refractivity contribution >= 4 is 18.0 Å². The van der Waals surface area contributed by atoms with E-state index in [0.717, 1.165) is 22.3 Å². The fourth-order valence-corrected chi connectivity index (χ4v) is 4.40. The molecule has 3 N–H and O–H groups in total. The van der Waals surface area contributed by atoms with Crippen LogP contribution in [-0.2, 0) is 23.8 Å². The second-order valence-corrected chi connectivity index (χ2v) is 8.01. The zero-order chi connectivity index (χ0) is 23.4. The maximum Gasteiger partial charge on any atom is 0.407 e. The number of alkyl carbamates (subject to hydrolysis) is 1. The molecule has 174 valence electrons. The number of fused-ring (bicyclic) bond motifs is 3. The monoisotopic (exact) mass is 454 g/mol. The Hall–Kier alpha value is -3.43. The highest BCUT2D eigenvalue weighted by atomic mass is 16.5. The van der Waals surface area contributed by atoms with Crippen LogP contribution in [0.4, 0.5) is 4.79 Å². The number of rotatable bonds is 8. The lowest BCUT2D eigenvalue weighted by Crippen LogP contribution is -2.54. The molecule has 1 aliphatic heterocycles. The van der Waals surface area contributed by atoms with Crippen molar-refractivity contribution in [3.8, 4) is 11.1 Å². The minimum Gasteiger partial charge on any atom is -0.479 e. The first-order chi connectivity index (χ1) is 16.0. The van der Waals surface area contributed by atoms with Gasteiger partial charge in [0.1, 0.15) is 12.6 Å². The van der Waals surface area contributed by atoms with Gasteiger partial charge in [-0.2, -0.15) is 0 Å². The summed E-state index contributed by atoms with van der Waals surface area (Å²) in [7, 11) is 1.40. The highest BCUT2D eigenvalue weighted by Crippen LogP contribution is 2.44. The van der Waals surface area contributed by atoms with Gasteiger partial charge in [0.2, 0.25) is 5.91 Å². The smallest absolute Gasteiger partial charge is 0.407 e. The zero-order valence-corrected chi connectivity index (χ0v) is 18.2. The molecule has 4 rings (SSSR count). The van der Waals surface area contributed by atoms with Gasteiger partial charge in [-0.05, 0) is 28.7 Å². The molecular formula is C24H26N2O7. The normalized spacial score (nSPS) is 19.9. The molecule has 9 nitrogen and oxygen atoms in total. The third-order valence-corrected chi connectivity index (χ3v) is 5.95. The molecule has 3 atom stereocenters. The number of amides is 2. The number of aliphatic carboxylic acids is 1. The summed E-state index contributed by atoms with van der Waals surface area (Å²) in [6, 6.07) is 14.3. The summed E-state index contributed by atoms with van der Waals surface area (Å²) in [6.45, 7) is 0.247. The van der Waals surface area contributed by atoms with Gasteiger partial charge in [-0.1, -0.05) is 48.5 Å². The first-order valence-corrected chi connectivity index (χ1v) is 10.7. The van der Waals surface area contributed by atoms with Crippen molar-refractivity contribution in [2.45, 2.75) is 30.5 Å². The lowest BCUT2D eigenvalue weighted by Gasteiger charge is -2.22. The Kier molecular flexibility index (Phi) is 6.90. The molecule has 1 aliphatic carbocycles. The van der Waals surface area contributed by atoms with Gasteiger partial charge in [0.05, 0.1) is 12.6 Å². The predicted molar refractivity (Wildman–Crippen MR) is 118 cm³/mol. The number of methoxy groups -OCH3 is 1. The van der Waals surface area contributed by atoms with Crippen molar-refractivity contribution in [3.05, 3.63) is 59.7 Å². The summed E-state index contributed by atoms with van der Waals surface area (Å²) in [5.41, 5.74) is 4.40. The summed E-state index contributed by atoms with van der Waals surface area (Å²) in [6.07, 6.45) is -1.51. The molecule has 2 aromatic rings. The summed E-state index contributed by atoms with van der Waals surface area (Å²) in [4.78, 5) is 36.5. The quantitative estimate of drug-likeness (QED) is 0.557. The first kappa shape index (κ1) is 22.8. The number of benzene rings is 2. The van der Waals surface area contributed by atoms with Gasteiger partial charge < -0.3 is 30.0 Å². The van der Waals surface area contributed by atoms with Crippen LogP contribution in [0, 0.1) is 0 Å². The number of carbonyl (C=O) groups is 3. The largest absolute Gasteiger partial charge is 0.479 e. The lowest BCUT2D eigenvalue weighted by molar-refractivity contribution is -0.148. The Morgan fingerprint density at radius 2 is 1.73 bits per heavy atom. The Bertz CT molecular complexity index is 995. The van der Waals surface area contributed by atoms with Gasteiger partial charge in [-0.25, -0.2) is 9.59 Å². The van der Waals surface area contributed by atoms with Crippen LogP contribution in [0.2, 0.25) is 0 Å². The van der Waals surface area contributed by atoms with Gasteiger partial charge in [0, 0.05) is 19.6 Å². The van der Waals surface area contributed by atoms with Crippen molar-refractivity contribution in [2.24, 2.45) is 0 Å². The summed E-state index contributed by atoms with van der Waals surface area (Å²) in [5, 5.41) is 14.4. The number of carboxylic acids is 1. The van der Waals surface area contributed by atoms with E-state index in [9.17, 15) is 19.5 Å². The van der Waals surface area contributed by atoms with Crippen molar-refractivity contribution in [1.82, 2.24) is 10.6 Å². The molecule has 1 heterocycles. The van der Waals surface area contributed by atoms with Gasteiger partial charge in [-0.3, -0.25) is 4.79 Å². The highest BCUT2D eigenvalue weighted by molar-refractivity contribution is 5.87. The molecule has 9 heteroatoms. The highest BCUT2D eigenvalue weighted by Gasteiger charge is 2.37. The Morgan fingerprint density at radius 1 is 1.09 bits per heavy atom. The van der Waals surface area contributed by atoms with Gasteiger partial charge >= 0.3 is 12.1 Å². The second-order valence-electron chi connectivity index (χ2n) is 8.01. The van der Waals surface area contributed by atoms with E-state index in [1.54, 1.807) is 0 Å². The van der Waals surface area contributed by atoms with Crippen molar-refractivity contribution in [3.63, 3.8) is 0 Å². The number of nitrogens with one attached hydrogen (secondary N) is 2. The van der Waals surface area contributed by atoms with E-state index in [1.165, 1.54) is 7.11 Å². The number of carboxylic acid groups (broad SMARTS) is 1. The van der Waals surface area contributed by atoms with Crippen LogP contribution in [0.25, 0.3) is 11.1 Å². The number of hydrogen-bond acceptors (Lipinski definition) is 6. The number of carbonyl (C=O) groups excluding carboxylic acids is 2. The van der Waals surface area contributed by atoms with E-state index >= 15 is 0 Å². The molecule has 0 saturated carbocycles. The second kappa shape index (κ2) is 10.0. The van der Waals surface area contributed by atoms with Crippen LogP contribution in [-0.4, -0.2) is 68.2 Å². The van der Waals surface area contributed by atoms with Gasteiger partial charge in [0.25, 0.3) is 0 Å². The fourth-order valence-electron chi connectivity index (χ4n) is 4.40. The molecule has 0 spiro atoms. The molecule has 2 aliphatic rings. The van der Waals surface area contributed by atoms with E-state index in [1.807, 2.05) is 48.5 Å². The molecule has 0 radical (unpaired) electrons. The van der Waals surface area contributed by atoms with Crippen LogP contribution in [0.5, 0.6) is 0 Å². The Morgan fingerprint density at radius 3 is 2.33 bits per heavy atom. The van der Waals surface area contributed by atoms with Crippen molar-refractivity contribution in [1.29, 1.82) is 0 Å². The van der Waals surface area contributed by atoms with Crippen LogP contribution in [0.1, 0.15) is 23.5 Å². The van der Waals surface area contributed by atoms with E-state index in [2.05, 4.69) is 10.6 Å². The molecule has 2 amide bonds. The van der Waals surface area contributed by atoms with E-state index in [-0.39, 0.29) is 25.7 Å². The standard InChI is InChI=1S/C24H26N2O7/c1-31-13-20(22(27)25-19-10-11-32-21(19)23(28)29)26-24(30)33-12-18-16-8-4-2-6-14(16)15-7-3-5-9-17(15)18/h2-9,18-21H,10-13H2,1H3,(H,25,27)(H,26,30)(H,28,29)/t19?,20-,21?/m0/s1. The molecular weight excluding hydrogens is 428 g/mol. The Labute approximate surface area is 191 Å². The SMILES string of the molecule is COC[C@H](NC(=O)OCC1c2ccccc2-c2ccccc21)C(=O)NC1CCOC1C(=O)O. The van der Waals surface area contributed by atoms with E-state index < -0.39 is 36.2 Å². The maximum atomic E-state index is 12.7. The predicted octanol–water partition coefficient (Wildman–Crippen LogP) is 1.90. The molecule has 0 bridgehead atoms. The molecule has 1 saturated heterocycles. The summed E-state index contributed by atoms with van der Waals surface area (Å²) in [5.74, 6) is -1.82. The minimum absolute atomic E-state index is 0.0959. The average Bonchev–Trinajstić information content (AvgIpc) is 3.40. The van der Waals surface area contributed by atoms with Gasteiger partial charge in [-0.15, -0.1) is 0 Å². The molecule has 1 fully saturated rings. The maximum absolute atomic E-state index is 12.7. The first-order valence-electron chi connectivity index (χ1n) is 10.7. The van der Waals surface area contributed by atoms with Crippen LogP contribution < -0.4 is 10.6 Å². The summed E-state index contributed by atoms with van der Waals surface area (Å²) >= 11 is 0. The third kappa shape index (κ3) is 4.84. The number of hydrogen-bond donors (Lipinski definition) is 3. The molecule has 0 aromatic heterocycles. The minimum atomic E-state index is -1.15. The molecule has 2 unspecified atom stereocenters. The third-order valence-electron chi connectivity index (χ3n) is 5.95. The van der Waals surface area contributed by atoms with E-state index in [0.29, 0.717) is 6.42 Å². The van der Waals surface area contributed by atoms with Crippen LogP contribution in [0.15, 0.2) is 48.5 Å². The van der Waals surface area contributed by atoms with E-state index in [4.69, 9.17) is 14.2 Å². The van der Waals surface area contributed by atoms with Crippen LogP contribution in [0.3, 0.4) is 0 Å². The van der Waals surface area contributed by atoms with Gasteiger partial charge in [0.15, 0.2) is 6.10 Å². The van der Waals surface area contributed by atoms with Crippen LogP contribution >= 0.6 is 0 Å². The lowest BCUT2D eigenvalue weighted by atomic mass is 9.98. The average molecular weight is 454 g/mol. The fraction of sp³-hybridized carbons (Fsp3) is 0.375. The molecule has 33 heavy (non-hydrogen) atoms. The zero-order valence-electron chi connectivity index (χ0n) is 18.2. The van der Waals surface area contributed by atoms with Crippen molar-refractivity contribution in [2.75, 3.05) is 26.9 Å². The Balaban J connectivity index is 1.38. The topological polar surface area (TPSA) is 123 Å². The summed E-state index contributed by atoms with van der Waals surface area (Å²) < 4.78 is 15.7. The van der Waals surface area contributed by atoms with Crippen molar-refractivity contribution < 1.29 is 33.7 Å². The number of ether oxygens (including phenoxy) is 3.